The Morgan fingerprint density at radius 3 is 2.55 bits per heavy atom. The molecule has 6 nitrogen and oxygen atoms in total. The minimum absolute atomic E-state index is 0.00394. The van der Waals surface area contributed by atoms with Crippen LogP contribution in [0.3, 0.4) is 0 Å². The first-order valence-electron chi connectivity index (χ1n) is 7.58. The second-order valence-corrected chi connectivity index (χ2v) is 5.08. The lowest BCUT2D eigenvalue weighted by molar-refractivity contribution is -0.122. The van der Waals surface area contributed by atoms with Gasteiger partial charge in [0, 0.05) is 32.1 Å². The van der Waals surface area contributed by atoms with Gasteiger partial charge in [0.25, 0.3) is 0 Å². The molecular weight excluding hydrogens is 258 g/mol. The van der Waals surface area contributed by atoms with Crippen molar-refractivity contribution in [1.82, 2.24) is 15.5 Å². The molecule has 1 heterocycles. The zero-order valence-electron chi connectivity index (χ0n) is 12.6. The summed E-state index contributed by atoms with van der Waals surface area (Å²) in [6.45, 7) is 7.85. The maximum absolute atomic E-state index is 11.7. The number of nitrogens with zero attached hydrogens (tertiary/aromatic N) is 1. The fourth-order valence-electron chi connectivity index (χ4n) is 2.38. The van der Waals surface area contributed by atoms with E-state index in [1.165, 1.54) is 6.42 Å². The summed E-state index contributed by atoms with van der Waals surface area (Å²) in [5, 5.41) is 5.57. The van der Waals surface area contributed by atoms with Gasteiger partial charge in [-0.2, -0.15) is 0 Å². The smallest absolute Gasteiger partial charge is 0.407 e. The van der Waals surface area contributed by atoms with Gasteiger partial charge in [0.2, 0.25) is 5.91 Å². The number of piperidine rings is 1. The zero-order chi connectivity index (χ0) is 14.8. The number of carbonyl (C=O) groups excluding carboxylic acids is 2. The van der Waals surface area contributed by atoms with Crippen molar-refractivity contribution >= 4 is 12.0 Å². The number of nitrogens with one attached hydrogen (secondary N) is 2. The molecule has 1 fully saturated rings. The van der Waals surface area contributed by atoms with Crippen LogP contribution in [0.1, 0.15) is 39.5 Å². The van der Waals surface area contributed by atoms with Crippen molar-refractivity contribution in [3.05, 3.63) is 0 Å². The van der Waals surface area contributed by atoms with Crippen LogP contribution in [0.4, 0.5) is 4.79 Å². The summed E-state index contributed by atoms with van der Waals surface area (Å²) < 4.78 is 4.72. The summed E-state index contributed by atoms with van der Waals surface area (Å²) >= 11 is 0. The van der Waals surface area contributed by atoms with Crippen LogP contribution in [0.5, 0.6) is 0 Å². The number of carbonyl (C=O) groups is 2. The van der Waals surface area contributed by atoms with E-state index in [2.05, 4.69) is 22.5 Å². The van der Waals surface area contributed by atoms with Gasteiger partial charge >= 0.3 is 6.09 Å². The molecule has 0 saturated carbocycles. The Kier molecular flexibility index (Phi) is 8.02. The number of likely N-dealkylation sites (tertiary alicyclic amines) is 1. The van der Waals surface area contributed by atoms with Crippen LogP contribution in [0.2, 0.25) is 0 Å². The van der Waals surface area contributed by atoms with Crippen molar-refractivity contribution in [3.63, 3.8) is 0 Å². The van der Waals surface area contributed by atoms with Gasteiger partial charge in [-0.1, -0.05) is 6.92 Å². The maximum Gasteiger partial charge on any atom is 0.407 e. The summed E-state index contributed by atoms with van der Waals surface area (Å²) in [7, 11) is 0. The molecule has 0 aromatic carbocycles. The predicted octanol–water partition coefficient (Wildman–Crippen LogP) is 1.11. The lowest BCUT2D eigenvalue weighted by atomic mass is 10.0. The maximum atomic E-state index is 11.7. The van der Waals surface area contributed by atoms with E-state index in [1.807, 2.05) is 0 Å². The van der Waals surface area contributed by atoms with Crippen molar-refractivity contribution < 1.29 is 14.3 Å². The molecule has 6 heteroatoms. The lowest BCUT2D eigenvalue weighted by Crippen LogP contribution is -2.45. The fraction of sp³-hybridized carbons (Fsp3) is 0.857. The summed E-state index contributed by atoms with van der Waals surface area (Å²) in [4.78, 5) is 25.2. The minimum Gasteiger partial charge on any atom is -0.450 e. The Balaban J connectivity index is 2.09. The highest BCUT2D eigenvalue weighted by Gasteiger charge is 2.19. The molecule has 2 amide bonds. The molecule has 116 valence electrons. The lowest BCUT2D eigenvalue weighted by Gasteiger charge is -2.32. The zero-order valence-corrected chi connectivity index (χ0v) is 12.6. The number of alkyl carbamates (subject to hydrolysis) is 1. The number of hydrogen-bond donors (Lipinski definition) is 2. The average molecular weight is 285 g/mol. The Morgan fingerprint density at radius 1 is 1.25 bits per heavy atom. The minimum atomic E-state index is -0.465. The molecule has 0 spiro atoms. The summed E-state index contributed by atoms with van der Waals surface area (Å²) in [6, 6.07) is 0.276. The highest BCUT2D eigenvalue weighted by atomic mass is 16.5. The number of amides is 2. The molecule has 0 unspecified atom stereocenters. The van der Waals surface area contributed by atoms with Crippen molar-refractivity contribution in [3.8, 4) is 0 Å². The quantitative estimate of drug-likeness (QED) is 0.735. The molecule has 0 radical (unpaired) electrons. The normalized spacial score (nSPS) is 16.7. The van der Waals surface area contributed by atoms with Gasteiger partial charge in [-0.05, 0) is 32.7 Å². The topological polar surface area (TPSA) is 70.7 Å². The van der Waals surface area contributed by atoms with E-state index in [-0.39, 0.29) is 11.9 Å². The van der Waals surface area contributed by atoms with E-state index in [0.29, 0.717) is 19.6 Å². The third-order valence-electron chi connectivity index (χ3n) is 3.39. The second-order valence-electron chi connectivity index (χ2n) is 5.08. The van der Waals surface area contributed by atoms with Crippen LogP contribution in [0.15, 0.2) is 0 Å². The Hall–Kier alpha value is -1.30. The van der Waals surface area contributed by atoms with Gasteiger partial charge < -0.3 is 20.3 Å². The first-order chi connectivity index (χ1) is 9.65. The van der Waals surface area contributed by atoms with Gasteiger partial charge in [0.05, 0.1) is 6.61 Å². The van der Waals surface area contributed by atoms with E-state index < -0.39 is 6.09 Å². The first-order valence-corrected chi connectivity index (χ1v) is 7.58. The third-order valence-corrected chi connectivity index (χ3v) is 3.39. The summed E-state index contributed by atoms with van der Waals surface area (Å²) in [5.74, 6) is -0.00394. The summed E-state index contributed by atoms with van der Waals surface area (Å²) in [5.41, 5.74) is 0. The molecule has 0 bridgehead atoms. The van der Waals surface area contributed by atoms with Gasteiger partial charge in [0.1, 0.15) is 0 Å². The van der Waals surface area contributed by atoms with E-state index in [1.54, 1.807) is 6.92 Å². The Morgan fingerprint density at radius 2 is 1.95 bits per heavy atom. The van der Waals surface area contributed by atoms with Crippen LogP contribution in [-0.4, -0.2) is 55.7 Å². The summed E-state index contributed by atoms with van der Waals surface area (Å²) in [6.07, 6.45) is 3.03. The van der Waals surface area contributed by atoms with Crippen molar-refractivity contribution in [2.75, 3.05) is 32.8 Å². The van der Waals surface area contributed by atoms with Crippen LogP contribution in [0.25, 0.3) is 0 Å². The Bertz CT molecular complexity index is 302. The highest BCUT2D eigenvalue weighted by Crippen LogP contribution is 2.10. The molecule has 0 atom stereocenters. The van der Waals surface area contributed by atoms with Crippen molar-refractivity contribution in [2.24, 2.45) is 0 Å². The monoisotopic (exact) mass is 285 g/mol. The van der Waals surface area contributed by atoms with Crippen LogP contribution in [0, 0.1) is 0 Å². The molecular formula is C14H27N3O3. The highest BCUT2D eigenvalue weighted by molar-refractivity contribution is 5.77. The van der Waals surface area contributed by atoms with Crippen molar-refractivity contribution in [2.45, 2.75) is 45.6 Å². The average Bonchev–Trinajstić information content (AvgIpc) is 2.41. The largest absolute Gasteiger partial charge is 0.450 e. The van der Waals surface area contributed by atoms with Gasteiger partial charge in [-0.3, -0.25) is 4.79 Å². The van der Waals surface area contributed by atoms with Gasteiger partial charge in [-0.25, -0.2) is 4.79 Å². The molecule has 20 heavy (non-hydrogen) atoms. The van der Waals surface area contributed by atoms with Crippen LogP contribution >= 0.6 is 0 Å². The molecule has 0 aliphatic carbocycles. The number of rotatable bonds is 7. The first kappa shape index (κ1) is 16.8. The predicted molar refractivity (Wildman–Crippen MR) is 77.5 cm³/mol. The molecule has 0 aromatic heterocycles. The third kappa shape index (κ3) is 6.75. The molecule has 1 aliphatic rings. The van der Waals surface area contributed by atoms with Crippen molar-refractivity contribution in [1.29, 1.82) is 0 Å². The molecule has 1 aliphatic heterocycles. The molecule has 0 aromatic rings. The van der Waals surface area contributed by atoms with E-state index >= 15 is 0 Å². The van der Waals surface area contributed by atoms with Crippen LogP contribution < -0.4 is 10.6 Å². The standard InChI is InChI=1S/C14H27N3O3/c1-3-9-17-10-6-12(7-11-17)16-13(18)5-8-15-14(19)20-4-2/h12H,3-11H2,1-2H3,(H,15,19)(H,16,18). The molecule has 2 N–H and O–H groups in total. The second kappa shape index (κ2) is 9.58. The molecule has 1 saturated heterocycles. The van der Waals surface area contributed by atoms with Crippen LogP contribution in [-0.2, 0) is 9.53 Å². The SMILES string of the molecule is CCCN1CCC(NC(=O)CCNC(=O)OCC)CC1. The van der Waals surface area contributed by atoms with E-state index in [0.717, 1.165) is 32.5 Å². The Labute approximate surface area is 121 Å². The molecule has 1 rings (SSSR count). The van der Waals surface area contributed by atoms with Gasteiger partial charge in [-0.15, -0.1) is 0 Å². The number of ether oxygens (including phenoxy) is 1. The van der Waals surface area contributed by atoms with Gasteiger partial charge in [0.15, 0.2) is 0 Å². The fourth-order valence-corrected chi connectivity index (χ4v) is 2.38. The van der Waals surface area contributed by atoms with E-state index in [4.69, 9.17) is 4.74 Å². The van der Waals surface area contributed by atoms with E-state index in [9.17, 15) is 9.59 Å². The number of hydrogen-bond acceptors (Lipinski definition) is 4.